The molecule has 0 atom stereocenters. The fourth-order valence-corrected chi connectivity index (χ4v) is 3.26. The van der Waals surface area contributed by atoms with Gasteiger partial charge in [-0.25, -0.2) is 4.39 Å². The molecule has 1 aromatic heterocycles. The molecule has 2 aromatic rings. The molecule has 1 fully saturated rings. The maximum Gasteiger partial charge on any atom is 0.323 e. The predicted molar refractivity (Wildman–Crippen MR) is 88.5 cm³/mol. The van der Waals surface area contributed by atoms with E-state index in [4.69, 9.17) is 5.11 Å². The van der Waals surface area contributed by atoms with Crippen molar-refractivity contribution in [3.63, 3.8) is 0 Å². The van der Waals surface area contributed by atoms with Crippen LogP contribution in [-0.4, -0.2) is 38.2 Å². The second-order valence-corrected chi connectivity index (χ2v) is 6.28. The molecule has 25 heavy (non-hydrogen) atoms. The molecular weight excluding hydrogens is 325 g/mol. The van der Waals surface area contributed by atoms with E-state index in [0.717, 1.165) is 25.7 Å². The van der Waals surface area contributed by atoms with Crippen molar-refractivity contribution in [3.8, 4) is 0 Å². The van der Waals surface area contributed by atoms with Gasteiger partial charge in [-0.15, -0.1) is 0 Å². The molecule has 1 saturated carbocycles. The fraction of sp³-hybridized carbons (Fsp3) is 0.389. The lowest BCUT2D eigenvalue weighted by atomic mass is 10.2. The van der Waals surface area contributed by atoms with E-state index in [2.05, 4.69) is 5.10 Å². The molecule has 3 rings (SSSR count). The van der Waals surface area contributed by atoms with Gasteiger partial charge in [-0.05, 0) is 36.6 Å². The van der Waals surface area contributed by atoms with Crippen LogP contribution in [0.1, 0.15) is 47.8 Å². The zero-order valence-electron chi connectivity index (χ0n) is 13.8. The third kappa shape index (κ3) is 4.04. The van der Waals surface area contributed by atoms with Crippen LogP contribution in [0, 0.1) is 5.82 Å². The van der Waals surface area contributed by atoms with E-state index in [1.165, 1.54) is 17.0 Å². The van der Waals surface area contributed by atoms with Crippen molar-refractivity contribution in [2.75, 3.05) is 6.54 Å². The van der Waals surface area contributed by atoms with Gasteiger partial charge in [0.25, 0.3) is 5.91 Å². The minimum atomic E-state index is -1.10. The molecular formula is C18H20FN3O3. The van der Waals surface area contributed by atoms with Gasteiger partial charge in [-0.1, -0.05) is 25.0 Å². The van der Waals surface area contributed by atoms with Crippen LogP contribution in [0.15, 0.2) is 36.5 Å². The molecule has 1 amide bonds. The van der Waals surface area contributed by atoms with E-state index >= 15 is 0 Å². The number of carboxylic acids is 1. The molecule has 0 saturated heterocycles. The Morgan fingerprint density at radius 3 is 2.52 bits per heavy atom. The van der Waals surface area contributed by atoms with Crippen molar-refractivity contribution in [1.82, 2.24) is 14.7 Å². The number of hydrogen-bond donors (Lipinski definition) is 1. The molecule has 0 bridgehead atoms. The van der Waals surface area contributed by atoms with Crippen molar-refractivity contribution >= 4 is 11.9 Å². The molecule has 1 heterocycles. The van der Waals surface area contributed by atoms with Crippen LogP contribution in [0.2, 0.25) is 0 Å². The van der Waals surface area contributed by atoms with E-state index < -0.39 is 12.5 Å². The highest BCUT2D eigenvalue weighted by atomic mass is 19.1. The highest BCUT2D eigenvalue weighted by Crippen LogP contribution is 2.30. The number of nitrogens with zero attached hydrogens (tertiary/aromatic N) is 3. The number of carbonyl (C=O) groups excluding carboxylic acids is 1. The first kappa shape index (κ1) is 17.1. The first-order chi connectivity index (χ1) is 12.0. The van der Waals surface area contributed by atoms with E-state index in [-0.39, 0.29) is 24.3 Å². The average Bonchev–Trinajstić information content (AvgIpc) is 3.26. The fourth-order valence-electron chi connectivity index (χ4n) is 3.26. The highest BCUT2D eigenvalue weighted by Gasteiger charge is 2.26. The van der Waals surface area contributed by atoms with Crippen LogP contribution in [0.4, 0.5) is 4.39 Å². The number of amides is 1. The zero-order chi connectivity index (χ0) is 17.8. The summed E-state index contributed by atoms with van der Waals surface area (Å²) in [5.41, 5.74) is 1.07. The Labute approximate surface area is 144 Å². The Kier molecular flexibility index (Phi) is 5.11. The molecule has 0 spiro atoms. The molecule has 0 aliphatic heterocycles. The number of benzene rings is 1. The zero-order valence-corrected chi connectivity index (χ0v) is 13.8. The third-order valence-corrected chi connectivity index (χ3v) is 4.46. The lowest BCUT2D eigenvalue weighted by Crippen LogP contribution is -2.36. The van der Waals surface area contributed by atoms with E-state index in [0.29, 0.717) is 11.3 Å². The normalized spacial score (nSPS) is 14.6. The van der Waals surface area contributed by atoms with Crippen molar-refractivity contribution < 1.29 is 19.1 Å². The summed E-state index contributed by atoms with van der Waals surface area (Å²) in [6.07, 6.45) is 5.72. The Bertz CT molecular complexity index is 751. The van der Waals surface area contributed by atoms with Crippen LogP contribution < -0.4 is 0 Å². The number of rotatable bonds is 6. The number of halogens is 1. The lowest BCUT2D eigenvalue weighted by Gasteiger charge is -2.22. The molecule has 1 aromatic carbocycles. The Hall–Kier alpha value is -2.70. The summed E-state index contributed by atoms with van der Waals surface area (Å²) in [4.78, 5) is 25.4. The lowest BCUT2D eigenvalue weighted by molar-refractivity contribution is -0.137. The Morgan fingerprint density at radius 1 is 1.20 bits per heavy atom. The first-order valence-electron chi connectivity index (χ1n) is 8.33. The number of aromatic nitrogens is 2. The SMILES string of the molecule is O=C(O)CN(Cc1ccc(F)cc1)C(=O)c1ccnn1C1CCCC1. The quantitative estimate of drug-likeness (QED) is 0.873. The van der Waals surface area contributed by atoms with Crippen molar-refractivity contribution in [2.45, 2.75) is 38.3 Å². The largest absolute Gasteiger partial charge is 0.480 e. The number of carboxylic acid groups (broad SMARTS) is 1. The summed E-state index contributed by atoms with van der Waals surface area (Å²) < 4.78 is 14.8. The Balaban J connectivity index is 1.83. The second kappa shape index (κ2) is 7.46. The predicted octanol–water partition coefficient (Wildman–Crippen LogP) is 2.86. The maximum atomic E-state index is 13.1. The van der Waals surface area contributed by atoms with Crippen LogP contribution in [0.3, 0.4) is 0 Å². The van der Waals surface area contributed by atoms with Crippen LogP contribution in [0.25, 0.3) is 0 Å². The topological polar surface area (TPSA) is 75.4 Å². The summed E-state index contributed by atoms with van der Waals surface area (Å²) in [6.45, 7) is -0.326. The molecule has 1 aliphatic carbocycles. The molecule has 1 N–H and O–H groups in total. The summed E-state index contributed by atoms with van der Waals surface area (Å²) in [7, 11) is 0. The molecule has 7 heteroatoms. The van der Waals surface area contributed by atoms with Gasteiger partial charge < -0.3 is 10.0 Å². The van der Waals surface area contributed by atoms with Crippen LogP contribution in [0.5, 0.6) is 0 Å². The summed E-state index contributed by atoms with van der Waals surface area (Å²) in [6, 6.07) is 7.49. The second-order valence-electron chi connectivity index (χ2n) is 6.28. The van der Waals surface area contributed by atoms with Gasteiger partial charge in [-0.2, -0.15) is 5.10 Å². The monoisotopic (exact) mass is 345 g/mol. The van der Waals surface area contributed by atoms with Crippen LogP contribution in [-0.2, 0) is 11.3 Å². The smallest absolute Gasteiger partial charge is 0.323 e. The van der Waals surface area contributed by atoms with Gasteiger partial charge in [0.2, 0.25) is 0 Å². The molecule has 0 unspecified atom stereocenters. The number of aliphatic carboxylic acids is 1. The summed E-state index contributed by atoms with van der Waals surface area (Å²) >= 11 is 0. The van der Waals surface area contributed by atoms with Crippen molar-refractivity contribution in [3.05, 3.63) is 53.6 Å². The molecule has 1 aliphatic rings. The van der Waals surface area contributed by atoms with Gasteiger partial charge >= 0.3 is 5.97 Å². The molecule has 6 nitrogen and oxygen atoms in total. The summed E-state index contributed by atoms with van der Waals surface area (Å²) in [5.74, 6) is -1.85. The third-order valence-electron chi connectivity index (χ3n) is 4.46. The minimum absolute atomic E-state index is 0.0985. The number of hydrogen-bond acceptors (Lipinski definition) is 3. The van der Waals surface area contributed by atoms with Gasteiger partial charge in [0, 0.05) is 12.7 Å². The van der Waals surface area contributed by atoms with Gasteiger partial charge in [-0.3, -0.25) is 14.3 Å². The molecule has 0 radical (unpaired) electrons. The van der Waals surface area contributed by atoms with Gasteiger partial charge in [0.05, 0.1) is 6.04 Å². The standard InChI is InChI=1S/C18H20FN3O3/c19-14-7-5-13(6-8-14)11-21(12-17(23)24)18(25)16-9-10-20-22(16)15-3-1-2-4-15/h5-10,15H,1-4,11-12H2,(H,23,24). The maximum absolute atomic E-state index is 13.1. The minimum Gasteiger partial charge on any atom is -0.480 e. The van der Waals surface area contributed by atoms with Crippen LogP contribution >= 0.6 is 0 Å². The highest BCUT2D eigenvalue weighted by molar-refractivity contribution is 5.94. The van der Waals surface area contributed by atoms with Gasteiger partial charge in [0.1, 0.15) is 18.1 Å². The van der Waals surface area contributed by atoms with Gasteiger partial charge in [0.15, 0.2) is 0 Å². The first-order valence-corrected chi connectivity index (χ1v) is 8.33. The van der Waals surface area contributed by atoms with Crippen molar-refractivity contribution in [2.24, 2.45) is 0 Å². The number of carbonyl (C=O) groups is 2. The summed E-state index contributed by atoms with van der Waals surface area (Å²) in [5, 5.41) is 13.4. The van der Waals surface area contributed by atoms with E-state index in [9.17, 15) is 14.0 Å². The molecule has 132 valence electrons. The van der Waals surface area contributed by atoms with E-state index in [1.807, 2.05) is 0 Å². The van der Waals surface area contributed by atoms with E-state index in [1.54, 1.807) is 29.1 Å². The Morgan fingerprint density at radius 2 is 1.88 bits per heavy atom. The van der Waals surface area contributed by atoms with Crippen molar-refractivity contribution in [1.29, 1.82) is 0 Å². The average molecular weight is 345 g/mol.